The van der Waals surface area contributed by atoms with Crippen LogP contribution in [-0.4, -0.2) is 59.2 Å². The van der Waals surface area contributed by atoms with E-state index in [0.717, 1.165) is 0 Å². The van der Waals surface area contributed by atoms with Gasteiger partial charge in [-0.25, -0.2) is 0 Å². The Balaban J connectivity index is 3.60. The number of nitro benzene ring substituents is 1. The normalized spacial score (nSPS) is 17.3. The number of alkyl halides is 17. The minimum atomic E-state index is -8.13. The van der Waals surface area contributed by atoms with E-state index in [0.29, 0.717) is 17.4 Å². The van der Waals surface area contributed by atoms with E-state index in [2.05, 4.69) is 0 Å². The zero-order chi connectivity index (χ0) is 31.3. The molecule has 1 amide bonds. The summed E-state index contributed by atoms with van der Waals surface area (Å²) in [6.07, 6.45) is -38.9. The summed E-state index contributed by atoms with van der Waals surface area (Å²) < 4.78 is 226. The first-order valence-electron chi connectivity index (χ1n) is 8.64. The third kappa shape index (κ3) is 6.19. The molecular weight excluding hydrogens is 611 g/mol. The van der Waals surface area contributed by atoms with Crippen LogP contribution in [0.25, 0.3) is 0 Å². The number of rotatable bonds is 9. The van der Waals surface area contributed by atoms with Gasteiger partial charge < -0.3 is 5.32 Å². The molecule has 1 aromatic carbocycles. The number of ether oxygens (including phenoxy) is 2. The van der Waals surface area contributed by atoms with Crippen LogP contribution in [0.3, 0.4) is 0 Å². The number of nitrogens with zero attached hydrogens (tertiary/aromatic N) is 1. The monoisotopic (exact) mass is 616 g/mol. The lowest BCUT2D eigenvalue weighted by molar-refractivity contribution is -0.548. The SMILES string of the molecule is O=C(Nc1ccc([N+](=O)[O-])cc1)[C@](F)(OC(F)(F)[C@@](F)(OC(F)(F)C(F)(F)C(F)(F)F)C(F)(F)F)C(F)(F)F. The predicted molar refractivity (Wildman–Crippen MR) is 84.6 cm³/mol. The van der Waals surface area contributed by atoms with E-state index in [9.17, 15) is 89.5 Å². The van der Waals surface area contributed by atoms with E-state index in [4.69, 9.17) is 0 Å². The summed E-state index contributed by atoms with van der Waals surface area (Å²) in [4.78, 5) is 21.0. The molecule has 0 aromatic heterocycles. The average Bonchev–Trinajstić information content (AvgIpc) is 2.70. The van der Waals surface area contributed by atoms with Crippen molar-refractivity contribution in [2.24, 2.45) is 0 Å². The zero-order valence-corrected chi connectivity index (χ0v) is 17.2. The fourth-order valence-electron chi connectivity index (χ4n) is 2.04. The Morgan fingerprint density at radius 2 is 1.10 bits per heavy atom. The molecule has 1 rings (SSSR count). The van der Waals surface area contributed by atoms with Gasteiger partial charge in [-0.2, -0.15) is 74.6 Å². The summed E-state index contributed by atoms with van der Waals surface area (Å²) in [7, 11) is 0. The molecule has 0 saturated carbocycles. The van der Waals surface area contributed by atoms with Crippen LogP contribution in [0.1, 0.15) is 0 Å². The second kappa shape index (κ2) is 9.78. The number of halogens is 17. The molecule has 0 bridgehead atoms. The highest BCUT2D eigenvalue weighted by atomic mass is 19.4. The van der Waals surface area contributed by atoms with E-state index in [-0.39, 0.29) is 12.1 Å². The fraction of sp³-hybridized carbons (Fsp3) is 0.533. The molecule has 224 valence electrons. The Morgan fingerprint density at radius 1 is 0.667 bits per heavy atom. The van der Waals surface area contributed by atoms with E-state index in [1.54, 1.807) is 0 Å². The molecule has 1 aromatic rings. The number of nitro groups is 1. The predicted octanol–water partition coefficient (Wildman–Crippen LogP) is 6.41. The van der Waals surface area contributed by atoms with Gasteiger partial charge in [0.15, 0.2) is 0 Å². The third-order valence-electron chi connectivity index (χ3n) is 3.99. The maximum absolute atomic E-state index is 14.4. The van der Waals surface area contributed by atoms with Gasteiger partial charge in [-0.05, 0) is 12.1 Å². The minimum absolute atomic E-state index is 0.267. The summed E-state index contributed by atoms with van der Waals surface area (Å²) in [6, 6.07) is 1.27. The quantitative estimate of drug-likeness (QED) is 0.197. The number of benzene rings is 1. The summed E-state index contributed by atoms with van der Waals surface area (Å²) in [6.45, 7) is 0. The van der Waals surface area contributed by atoms with Gasteiger partial charge in [0.2, 0.25) is 0 Å². The number of hydrogen-bond acceptors (Lipinski definition) is 5. The molecule has 0 radical (unpaired) electrons. The van der Waals surface area contributed by atoms with Crippen LogP contribution in [0.5, 0.6) is 0 Å². The second-order valence-corrected chi connectivity index (χ2v) is 6.75. The Bertz CT molecular complexity index is 1070. The molecule has 2 atom stereocenters. The van der Waals surface area contributed by atoms with Crippen molar-refractivity contribution in [2.75, 3.05) is 5.32 Å². The lowest BCUT2D eigenvalue weighted by atomic mass is 10.2. The van der Waals surface area contributed by atoms with Crippen LogP contribution in [0.15, 0.2) is 24.3 Å². The first kappa shape index (κ1) is 33.8. The van der Waals surface area contributed by atoms with Crippen LogP contribution < -0.4 is 5.32 Å². The van der Waals surface area contributed by atoms with Crippen LogP contribution in [0.4, 0.5) is 86.0 Å². The van der Waals surface area contributed by atoms with Crippen molar-refractivity contribution in [3.8, 4) is 0 Å². The van der Waals surface area contributed by atoms with Gasteiger partial charge in [-0.1, -0.05) is 0 Å². The Hall–Kier alpha value is -3.18. The van der Waals surface area contributed by atoms with E-state index >= 15 is 0 Å². The minimum Gasteiger partial charge on any atom is -0.321 e. The zero-order valence-electron chi connectivity index (χ0n) is 17.2. The number of nitrogens with one attached hydrogen (secondary N) is 1. The fourth-order valence-corrected chi connectivity index (χ4v) is 2.04. The lowest BCUT2D eigenvalue weighted by Gasteiger charge is -2.40. The molecular formula is C15H5F17N2O5. The van der Waals surface area contributed by atoms with Crippen LogP contribution >= 0.6 is 0 Å². The Labute approximate surface area is 200 Å². The van der Waals surface area contributed by atoms with Gasteiger partial charge in [0.05, 0.1) is 4.92 Å². The molecule has 0 aliphatic heterocycles. The number of carbonyl (C=O) groups excluding carboxylic acids is 1. The highest BCUT2D eigenvalue weighted by Gasteiger charge is 2.85. The number of non-ortho nitro benzene ring substituents is 1. The first-order chi connectivity index (χ1) is 17.0. The van der Waals surface area contributed by atoms with Crippen molar-refractivity contribution in [3.63, 3.8) is 0 Å². The third-order valence-corrected chi connectivity index (χ3v) is 3.99. The van der Waals surface area contributed by atoms with E-state index < -0.39 is 70.6 Å². The lowest BCUT2D eigenvalue weighted by Crippen LogP contribution is -2.68. The first-order valence-corrected chi connectivity index (χ1v) is 8.64. The van der Waals surface area contributed by atoms with Crippen molar-refractivity contribution in [1.82, 2.24) is 0 Å². The number of carbonyl (C=O) groups is 1. The van der Waals surface area contributed by atoms with Crippen molar-refractivity contribution in [2.45, 2.75) is 48.4 Å². The molecule has 0 spiro atoms. The number of anilines is 1. The Kier molecular flexibility index (Phi) is 8.49. The molecule has 0 aliphatic carbocycles. The van der Waals surface area contributed by atoms with Crippen molar-refractivity contribution in [3.05, 3.63) is 34.4 Å². The van der Waals surface area contributed by atoms with Gasteiger partial charge in [-0.3, -0.25) is 24.4 Å². The molecule has 1 N–H and O–H groups in total. The van der Waals surface area contributed by atoms with Gasteiger partial charge in [0.25, 0.3) is 11.6 Å². The molecule has 0 aliphatic rings. The van der Waals surface area contributed by atoms with Crippen molar-refractivity contribution in [1.29, 1.82) is 0 Å². The van der Waals surface area contributed by atoms with Crippen LogP contribution in [0.2, 0.25) is 0 Å². The van der Waals surface area contributed by atoms with E-state index in [1.165, 1.54) is 4.74 Å². The largest absolute Gasteiger partial charge is 0.462 e. The summed E-state index contributed by atoms with van der Waals surface area (Å²) in [5.41, 5.74) is -2.04. The molecule has 24 heteroatoms. The topological polar surface area (TPSA) is 90.7 Å². The summed E-state index contributed by atoms with van der Waals surface area (Å²) in [5, 5.41) is 11.2. The number of amides is 1. The average molecular weight is 616 g/mol. The molecule has 0 heterocycles. The highest BCUT2D eigenvalue weighted by Crippen LogP contribution is 2.56. The van der Waals surface area contributed by atoms with Crippen LogP contribution in [-0.2, 0) is 14.3 Å². The van der Waals surface area contributed by atoms with Gasteiger partial charge >= 0.3 is 48.4 Å². The van der Waals surface area contributed by atoms with E-state index in [1.807, 2.05) is 4.74 Å². The van der Waals surface area contributed by atoms with Crippen LogP contribution in [0, 0.1) is 10.1 Å². The molecule has 0 unspecified atom stereocenters. The molecule has 0 saturated heterocycles. The highest BCUT2D eigenvalue weighted by molar-refractivity contribution is 5.97. The van der Waals surface area contributed by atoms with Gasteiger partial charge in [-0.15, -0.1) is 0 Å². The Morgan fingerprint density at radius 3 is 1.44 bits per heavy atom. The maximum Gasteiger partial charge on any atom is 0.462 e. The van der Waals surface area contributed by atoms with Crippen molar-refractivity contribution >= 4 is 17.3 Å². The second-order valence-electron chi connectivity index (χ2n) is 6.75. The number of hydrogen-bond donors (Lipinski definition) is 1. The molecule has 39 heavy (non-hydrogen) atoms. The van der Waals surface area contributed by atoms with Gasteiger partial charge in [0, 0.05) is 17.8 Å². The summed E-state index contributed by atoms with van der Waals surface area (Å²) >= 11 is 0. The standard InChI is InChI=1S/C15H5F17N2O5/c16-8(11(20,21)22,7(35)33-5-1-3-6(4-2-5)34(36)37)38-15(31,32)10(19,13(26,27)28)39-14(29,30)9(17,18)12(23,24)25/h1-4H,(H,33,35)/t8-,10-/m0/s1. The van der Waals surface area contributed by atoms with Gasteiger partial charge in [0.1, 0.15) is 0 Å². The van der Waals surface area contributed by atoms with Crippen molar-refractivity contribution < 1.29 is 93.8 Å². The maximum atomic E-state index is 14.4. The molecule has 7 nitrogen and oxygen atoms in total. The molecule has 0 fully saturated rings. The summed E-state index contributed by atoms with van der Waals surface area (Å²) in [5.74, 6) is -26.6. The smallest absolute Gasteiger partial charge is 0.321 e.